The lowest BCUT2D eigenvalue weighted by Crippen LogP contribution is -2.41. The standard InChI is InChI=1S/C15H25N3O3/c1-11(9-18-14(19)21-15(2,3)4)17-10-12-7-6-8-16-13(12)20-5/h6-8,11,17H,9-10H2,1-5H3,(H,18,19). The van der Waals surface area contributed by atoms with Gasteiger partial charge in [-0.3, -0.25) is 0 Å². The topological polar surface area (TPSA) is 72.5 Å². The van der Waals surface area contributed by atoms with Crippen LogP contribution in [0.25, 0.3) is 0 Å². The van der Waals surface area contributed by atoms with Gasteiger partial charge in [-0.05, 0) is 33.8 Å². The van der Waals surface area contributed by atoms with E-state index in [1.807, 2.05) is 39.8 Å². The predicted octanol–water partition coefficient (Wildman–Crippen LogP) is 2.09. The average molecular weight is 295 g/mol. The Labute approximate surface area is 126 Å². The number of aromatic nitrogens is 1. The fourth-order valence-electron chi connectivity index (χ4n) is 1.65. The molecule has 0 aliphatic heterocycles. The number of hydrogen-bond donors (Lipinski definition) is 2. The van der Waals surface area contributed by atoms with Gasteiger partial charge in [0.1, 0.15) is 5.60 Å². The minimum Gasteiger partial charge on any atom is -0.481 e. The van der Waals surface area contributed by atoms with Crippen LogP contribution in [0.2, 0.25) is 0 Å². The third-order valence-electron chi connectivity index (χ3n) is 2.64. The second-order valence-electron chi connectivity index (χ2n) is 5.84. The van der Waals surface area contributed by atoms with E-state index < -0.39 is 11.7 Å². The summed E-state index contributed by atoms with van der Waals surface area (Å²) in [6.45, 7) is 8.60. The lowest BCUT2D eigenvalue weighted by atomic mass is 10.2. The normalized spacial score (nSPS) is 12.6. The zero-order chi connectivity index (χ0) is 15.9. The molecule has 0 aliphatic carbocycles. The molecule has 118 valence electrons. The third kappa shape index (κ3) is 6.94. The smallest absolute Gasteiger partial charge is 0.407 e. The molecular formula is C15H25N3O3. The third-order valence-corrected chi connectivity index (χ3v) is 2.64. The predicted molar refractivity (Wildman–Crippen MR) is 81.3 cm³/mol. The van der Waals surface area contributed by atoms with Crippen molar-refractivity contribution in [1.29, 1.82) is 0 Å². The lowest BCUT2D eigenvalue weighted by molar-refractivity contribution is 0.0523. The molecule has 6 heteroatoms. The van der Waals surface area contributed by atoms with Gasteiger partial charge in [0.15, 0.2) is 0 Å². The molecule has 1 unspecified atom stereocenters. The Hall–Kier alpha value is -1.82. The van der Waals surface area contributed by atoms with E-state index in [2.05, 4.69) is 15.6 Å². The molecule has 0 aromatic carbocycles. The van der Waals surface area contributed by atoms with Crippen molar-refractivity contribution in [2.24, 2.45) is 0 Å². The number of nitrogens with one attached hydrogen (secondary N) is 2. The number of nitrogens with zero attached hydrogens (tertiary/aromatic N) is 1. The molecule has 2 N–H and O–H groups in total. The highest BCUT2D eigenvalue weighted by Crippen LogP contribution is 2.13. The molecular weight excluding hydrogens is 270 g/mol. The number of ether oxygens (including phenoxy) is 2. The first-order chi connectivity index (χ1) is 9.81. The maximum absolute atomic E-state index is 11.5. The van der Waals surface area contributed by atoms with Gasteiger partial charge in [0.05, 0.1) is 7.11 Å². The van der Waals surface area contributed by atoms with Crippen molar-refractivity contribution in [2.75, 3.05) is 13.7 Å². The molecule has 1 aromatic heterocycles. The summed E-state index contributed by atoms with van der Waals surface area (Å²) < 4.78 is 10.4. The number of methoxy groups -OCH3 is 1. The zero-order valence-electron chi connectivity index (χ0n) is 13.4. The molecule has 1 rings (SSSR count). The fraction of sp³-hybridized carbons (Fsp3) is 0.600. The van der Waals surface area contributed by atoms with E-state index in [0.717, 1.165) is 5.56 Å². The largest absolute Gasteiger partial charge is 0.481 e. The Morgan fingerprint density at radius 3 is 2.76 bits per heavy atom. The van der Waals surface area contributed by atoms with Crippen molar-refractivity contribution in [3.05, 3.63) is 23.9 Å². The molecule has 0 saturated heterocycles. The van der Waals surface area contributed by atoms with Crippen LogP contribution in [0.15, 0.2) is 18.3 Å². The van der Waals surface area contributed by atoms with Crippen LogP contribution in [-0.2, 0) is 11.3 Å². The van der Waals surface area contributed by atoms with Crippen LogP contribution in [-0.4, -0.2) is 36.4 Å². The molecule has 0 fully saturated rings. The van der Waals surface area contributed by atoms with Crippen molar-refractivity contribution < 1.29 is 14.3 Å². The minimum absolute atomic E-state index is 0.0995. The Bertz CT molecular complexity index is 458. The van der Waals surface area contributed by atoms with Gasteiger partial charge in [-0.15, -0.1) is 0 Å². The van der Waals surface area contributed by atoms with Gasteiger partial charge in [-0.1, -0.05) is 6.07 Å². The molecule has 0 saturated carbocycles. The van der Waals surface area contributed by atoms with Crippen LogP contribution < -0.4 is 15.4 Å². The van der Waals surface area contributed by atoms with Crippen molar-refractivity contribution >= 4 is 6.09 Å². The number of alkyl carbamates (subject to hydrolysis) is 1. The van der Waals surface area contributed by atoms with E-state index in [1.165, 1.54) is 0 Å². The van der Waals surface area contributed by atoms with Crippen molar-refractivity contribution in [3.8, 4) is 5.88 Å². The summed E-state index contributed by atoms with van der Waals surface area (Å²) in [5, 5.41) is 6.03. The first-order valence-corrected chi connectivity index (χ1v) is 7.00. The Morgan fingerprint density at radius 1 is 1.43 bits per heavy atom. The molecule has 1 amide bonds. The summed E-state index contributed by atoms with van der Waals surface area (Å²) in [6, 6.07) is 3.91. The van der Waals surface area contributed by atoms with E-state index in [0.29, 0.717) is 19.0 Å². The molecule has 0 radical (unpaired) electrons. The summed E-state index contributed by atoms with van der Waals surface area (Å²) in [5.41, 5.74) is 0.494. The molecule has 1 atom stereocenters. The number of carbonyl (C=O) groups is 1. The SMILES string of the molecule is COc1ncccc1CNC(C)CNC(=O)OC(C)(C)C. The zero-order valence-corrected chi connectivity index (χ0v) is 13.4. The minimum atomic E-state index is -0.482. The van der Waals surface area contributed by atoms with Gasteiger partial charge in [0.2, 0.25) is 5.88 Å². The van der Waals surface area contributed by atoms with E-state index >= 15 is 0 Å². The van der Waals surface area contributed by atoms with Crippen LogP contribution in [0.4, 0.5) is 4.79 Å². The molecule has 6 nitrogen and oxygen atoms in total. The van der Waals surface area contributed by atoms with Crippen LogP contribution in [0.1, 0.15) is 33.3 Å². The van der Waals surface area contributed by atoms with E-state index in [4.69, 9.17) is 9.47 Å². The first kappa shape index (κ1) is 17.2. The van der Waals surface area contributed by atoms with E-state index in [9.17, 15) is 4.79 Å². The van der Waals surface area contributed by atoms with E-state index in [1.54, 1.807) is 13.3 Å². The van der Waals surface area contributed by atoms with Gasteiger partial charge in [-0.25, -0.2) is 9.78 Å². The second kappa shape index (κ2) is 7.83. The Balaban J connectivity index is 2.34. The fourth-order valence-corrected chi connectivity index (χ4v) is 1.65. The van der Waals surface area contributed by atoms with E-state index in [-0.39, 0.29) is 6.04 Å². The number of rotatable bonds is 6. The van der Waals surface area contributed by atoms with Crippen molar-refractivity contribution in [2.45, 2.75) is 45.9 Å². The van der Waals surface area contributed by atoms with Crippen LogP contribution in [0, 0.1) is 0 Å². The van der Waals surface area contributed by atoms with Gasteiger partial charge < -0.3 is 20.1 Å². The highest BCUT2D eigenvalue weighted by Gasteiger charge is 2.16. The highest BCUT2D eigenvalue weighted by atomic mass is 16.6. The maximum Gasteiger partial charge on any atom is 0.407 e. The molecule has 1 heterocycles. The van der Waals surface area contributed by atoms with Crippen LogP contribution >= 0.6 is 0 Å². The summed E-state index contributed by atoms with van der Waals surface area (Å²) in [5.74, 6) is 0.609. The Morgan fingerprint density at radius 2 is 2.14 bits per heavy atom. The van der Waals surface area contributed by atoms with Gasteiger partial charge in [-0.2, -0.15) is 0 Å². The number of carbonyl (C=O) groups excluding carboxylic acids is 1. The second-order valence-corrected chi connectivity index (χ2v) is 5.84. The molecule has 1 aromatic rings. The van der Waals surface area contributed by atoms with Crippen molar-refractivity contribution in [1.82, 2.24) is 15.6 Å². The first-order valence-electron chi connectivity index (χ1n) is 7.00. The summed E-state index contributed by atoms with van der Waals surface area (Å²) >= 11 is 0. The maximum atomic E-state index is 11.5. The average Bonchev–Trinajstić information content (AvgIpc) is 2.41. The number of hydrogen-bond acceptors (Lipinski definition) is 5. The lowest BCUT2D eigenvalue weighted by Gasteiger charge is -2.21. The number of pyridine rings is 1. The molecule has 0 spiro atoms. The monoisotopic (exact) mass is 295 g/mol. The quantitative estimate of drug-likeness (QED) is 0.841. The van der Waals surface area contributed by atoms with Crippen LogP contribution in [0.3, 0.4) is 0 Å². The Kier molecular flexibility index (Phi) is 6.42. The summed E-state index contributed by atoms with van der Waals surface area (Å²) in [4.78, 5) is 15.7. The van der Waals surface area contributed by atoms with Gasteiger partial charge >= 0.3 is 6.09 Å². The summed E-state index contributed by atoms with van der Waals surface area (Å²) in [7, 11) is 1.60. The number of amides is 1. The van der Waals surface area contributed by atoms with Crippen LogP contribution in [0.5, 0.6) is 5.88 Å². The van der Waals surface area contributed by atoms with Crippen molar-refractivity contribution in [3.63, 3.8) is 0 Å². The summed E-state index contributed by atoms with van der Waals surface area (Å²) in [6.07, 6.45) is 1.28. The molecule has 0 aliphatic rings. The molecule has 21 heavy (non-hydrogen) atoms. The van der Waals surface area contributed by atoms with Gasteiger partial charge in [0, 0.05) is 30.9 Å². The molecule has 0 bridgehead atoms. The van der Waals surface area contributed by atoms with Gasteiger partial charge in [0.25, 0.3) is 0 Å². The highest BCUT2D eigenvalue weighted by molar-refractivity contribution is 5.67.